The van der Waals surface area contributed by atoms with Crippen molar-refractivity contribution in [3.05, 3.63) is 71.8 Å². The SMILES string of the molecule is CC(C)C[C@H](N)C(=O)NCC(=O)N[C@@H](CCCN=C(N)N)C(=O)N[C@@H](Cc1ccccc1)C(=O)N[C@@H](Cc1ccccc1)C(=O)NCC(=O)NCC(=O)O. The fraction of sp³-hybridized carbons (Fsp3) is 0.444. The predicted octanol–water partition coefficient (Wildman–Crippen LogP) is -2.21. The number of aliphatic carboxylic acids is 1. The highest BCUT2D eigenvalue weighted by Gasteiger charge is 2.30. The van der Waals surface area contributed by atoms with Crippen LogP contribution in [0.15, 0.2) is 65.7 Å². The Bertz CT molecular complexity index is 1590. The van der Waals surface area contributed by atoms with Crippen LogP contribution in [-0.2, 0) is 46.4 Å². The summed E-state index contributed by atoms with van der Waals surface area (Å²) >= 11 is 0. The van der Waals surface area contributed by atoms with Gasteiger partial charge in [-0.3, -0.25) is 38.6 Å². The third-order valence-electron chi connectivity index (χ3n) is 7.77. The summed E-state index contributed by atoms with van der Waals surface area (Å²) in [4.78, 5) is 93.3. The molecule has 6 amide bonds. The van der Waals surface area contributed by atoms with Crippen molar-refractivity contribution in [1.82, 2.24) is 31.9 Å². The lowest BCUT2D eigenvalue weighted by Gasteiger charge is -2.26. The van der Waals surface area contributed by atoms with Crippen LogP contribution in [0, 0.1) is 5.92 Å². The number of amides is 6. The Labute approximate surface area is 313 Å². The molecule has 18 heteroatoms. The second-order valence-corrected chi connectivity index (χ2v) is 12.9. The lowest BCUT2D eigenvalue weighted by Crippen LogP contribution is -2.58. The molecule has 0 aliphatic carbocycles. The van der Waals surface area contributed by atoms with E-state index in [2.05, 4.69) is 36.9 Å². The number of hydrogen-bond donors (Lipinski definition) is 10. The number of carboxylic acid groups (broad SMARTS) is 1. The molecule has 0 aliphatic heterocycles. The van der Waals surface area contributed by atoms with E-state index in [1.165, 1.54) is 0 Å². The van der Waals surface area contributed by atoms with Crippen molar-refractivity contribution < 1.29 is 38.7 Å². The first-order valence-electron chi connectivity index (χ1n) is 17.5. The van der Waals surface area contributed by atoms with Crippen LogP contribution in [0.2, 0.25) is 0 Å². The average molecular weight is 753 g/mol. The van der Waals surface area contributed by atoms with Gasteiger partial charge in [-0.2, -0.15) is 0 Å². The highest BCUT2D eigenvalue weighted by molar-refractivity contribution is 5.96. The molecular formula is C36H52N10O8. The van der Waals surface area contributed by atoms with Crippen LogP contribution in [0.25, 0.3) is 0 Å². The van der Waals surface area contributed by atoms with Crippen LogP contribution < -0.4 is 49.1 Å². The van der Waals surface area contributed by atoms with E-state index in [1.54, 1.807) is 60.7 Å². The number of carbonyl (C=O) groups is 7. The maximum absolute atomic E-state index is 14.0. The minimum absolute atomic E-state index is 0.00581. The molecule has 2 aromatic carbocycles. The largest absolute Gasteiger partial charge is 0.480 e. The van der Waals surface area contributed by atoms with Crippen molar-refractivity contribution in [2.24, 2.45) is 28.1 Å². The van der Waals surface area contributed by atoms with E-state index in [0.717, 1.165) is 0 Å². The molecule has 0 unspecified atom stereocenters. The third-order valence-corrected chi connectivity index (χ3v) is 7.77. The molecule has 2 aromatic rings. The average Bonchev–Trinajstić information content (AvgIpc) is 3.12. The second kappa shape index (κ2) is 23.5. The minimum atomic E-state index is -1.26. The van der Waals surface area contributed by atoms with Crippen molar-refractivity contribution in [3.8, 4) is 0 Å². The number of rotatable bonds is 23. The summed E-state index contributed by atoms with van der Waals surface area (Å²) < 4.78 is 0. The van der Waals surface area contributed by atoms with Crippen LogP contribution in [0.4, 0.5) is 0 Å². The first-order chi connectivity index (χ1) is 25.6. The predicted molar refractivity (Wildman–Crippen MR) is 200 cm³/mol. The van der Waals surface area contributed by atoms with E-state index in [9.17, 15) is 33.6 Å². The number of nitrogens with two attached hydrogens (primary N) is 3. The Kier molecular flexibility index (Phi) is 19.2. The summed E-state index contributed by atoms with van der Waals surface area (Å²) in [5.74, 6) is -5.44. The van der Waals surface area contributed by atoms with Crippen molar-refractivity contribution in [1.29, 1.82) is 0 Å². The van der Waals surface area contributed by atoms with Gasteiger partial charge in [-0.25, -0.2) is 0 Å². The number of aliphatic imine (C=N–C) groups is 1. The molecular weight excluding hydrogens is 700 g/mol. The van der Waals surface area contributed by atoms with Gasteiger partial charge in [-0.15, -0.1) is 0 Å². The molecule has 4 atom stereocenters. The Hall–Kier alpha value is -6.04. The van der Waals surface area contributed by atoms with E-state index < -0.39 is 85.2 Å². The Morgan fingerprint density at radius 2 is 1.15 bits per heavy atom. The number of nitrogens with one attached hydrogen (secondary N) is 6. The van der Waals surface area contributed by atoms with Crippen LogP contribution in [-0.4, -0.2) is 103 Å². The summed E-state index contributed by atoms with van der Waals surface area (Å²) in [7, 11) is 0. The summed E-state index contributed by atoms with van der Waals surface area (Å²) in [6.45, 7) is 2.30. The highest BCUT2D eigenvalue weighted by Crippen LogP contribution is 2.09. The van der Waals surface area contributed by atoms with Gasteiger partial charge in [0.05, 0.1) is 19.1 Å². The number of guanidine groups is 1. The third kappa shape index (κ3) is 17.9. The molecule has 0 heterocycles. The molecule has 0 aliphatic rings. The zero-order valence-electron chi connectivity index (χ0n) is 30.5. The lowest BCUT2D eigenvalue weighted by molar-refractivity contribution is -0.138. The number of hydrogen-bond acceptors (Lipinski definition) is 9. The fourth-order valence-corrected chi connectivity index (χ4v) is 5.12. The zero-order chi connectivity index (χ0) is 40.0. The standard InChI is InChI=1S/C36H52N10O8/c1-22(2)16-25(37)32(51)42-20-30(48)44-26(14-9-15-40-36(38)39)34(53)46-28(18-24-12-7-4-8-13-24)35(54)45-27(17-23-10-5-3-6-11-23)33(52)43-19-29(47)41-21-31(49)50/h3-8,10-13,22,25-28H,9,14-21,37H2,1-2H3,(H,41,47)(H,42,51)(H,43,52)(H,44,48)(H,45,54)(H,46,53)(H,49,50)(H4,38,39,40)/t25-,26-,27-,28-/m0/s1. The van der Waals surface area contributed by atoms with Crippen molar-refractivity contribution >= 4 is 47.4 Å². The molecule has 294 valence electrons. The second-order valence-electron chi connectivity index (χ2n) is 12.9. The number of carboxylic acids is 1. The first-order valence-corrected chi connectivity index (χ1v) is 17.5. The highest BCUT2D eigenvalue weighted by atomic mass is 16.4. The molecule has 0 fully saturated rings. The van der Waals surface area contributed by atoms with Crippen molar-refractivity contribution in [2.75, 3.05) is 26.2 Å². The summed E-state index contributed by atoms with van der Waals surface area (Å²) in [5, 5.41) is 23.8. The maximum Gasteiger partial charge on any atom is 0.322 e. The molecule has 18 nitrogen and oxygen atoms in total. The van der Waals surface area contributed by atoms with Gasteiger partial charge in [-0.1, -0.05) is 74.5 Å². The van der Waals surface area contributed by atoms with Gasteiger partial charge in [0, 0.05) is 19.4 Å². The number of nitrogens with zero attached hydrogens (tertiary/aromatic N) is 1. The quantitative estimate of drug-likeness (QED) is 0.0330. The Balaban J connectivity index is 2.30. The molecule has 2 rings (SSSR count). The molecule has 0 saturated heterocycles. The molecule has 0 saturated carbocycles. The monoisotopic (exact) mass is 752 g/mol. The smallest absolute Gasteiger partial charge is 0.322 e. The number of benzene rings is 2. The van der Waals surface area contributed by atoms with Crippen LogP contribution in [0.5, 0.6) is 0 Å². The molecule has 13 N–H and O–H groups in total. The number of carbonyl (C=O) groups excluding carboxylic acids is 6. The van der Waals surface area contributed by atoms with Crippen molar-refractivity contribution in [2.45, 2.75) is 70.1 Å². The van der Waals surface area contributed by atoms with E-state index in [-0.39, 0.29) is 44.1 Å². The van der Waals surface area contributed by atoms with Crippen LogP contribution in [0.3, 0.4) is 0 Å². The fourth-order valence-electron chi connectivity index (χ4n) is 5.12. The molecule has 0 bridgehead atoms. The molecule has 54 heavy (non-hydrogen) atoms. The topological polar surface area (TPSA) is 302 Å². The van der Waals surface area contributed by atoms with Gasteiger partial charge in [0.15, 0.2) is 5.96 Å². The van der Waals surface area contributed by atoms with E-state index in [4.69, 9.17) is 22.3 Å². The van der Waals surface area contributed by atoms with E-state index in [0.29, 0.717) is 17.5 Å². The maximum atomic E-state index is 14.0. The Morgan fingerprint density at radius 1 is 0.648 bits per heavy atom. The van der Waals surface area contributed by atoms with E-state index in [1.807, 2.05) is 13.8 Å². The Morgan fingerprint density at radius 3 is 1.67 bits per heavy atom. The van der Waals surface area contributed by atoms with Gasteiger partial charge in [0.25, 0.3) is 0 Å². The van der Waals surface area contributed by atoms with Crippen LogP contribution in [0.1, 0.15) is 44.2 Å². The summed E-state index contributed by atoms with van der Waals surface area (Å²) in [6, 6.07) is 13.0. The first kappa shape index (κ1) is 44.1. The van der Waals surface area contributed by atoms with Gasteiger partial charge >= 0.3 is 5.97 Å². The van der Waals surface area contributed by atoms with Crippen LogP contribution >= 0.6 is 0 Å². The summed E-state index contributed by atoms with van der Waals surface area (Å²) in [5.41, 5.74) is 18.1. The van der Waals surface area contributed by atoms with E-state index >= 15 is 0 Å². The molecule has 0 spiro atoms. The normalized spacial score (nSPS) is 12.9. The van der Waals surface area contributed by atoms with Gasteiger partial charge < -0.3 is 54.2 Å². The molecule has 0 radical (unpaired) electrons. The molecule has 0 aromatic heterocycles. The minimum Gasteiger partial charge on any atom is -0.480 e. The lowest BCUT2D eigenvalue weighted by atomic mass is 10.0. The zero-order valence-corrected chi connectivity index (χ0v) is 30.5. The summed E-state index contributed by atoms with van der Waals surface area (Å²) in [6.07, 6.45) is 0.726. The van der Waals surface area contributed by atoms with Crippen molar-refractivity contribution in [3.63, 3.8) is 0 Å². The van der Waals surface area contributed by atoms with Gasteiger partial charge in [-0.05, 0) is 36.3 Å². The van der Waals surface area contributed by atoms with Gasteiger partial charge in [0.2, 0.25) is 35.4 Å². The van der Waals surface area contributed by atoms with Gasteiger partial charge in [0.1, 0.15) is 24.7 Å².